The van der Waals surface area contributed by atoms with E-state index >= 15 is 0 Å². The molecule has 0 aliphatic carbocycles. The van der Waals surface area contributed by atoms with Crippen molar-refractivity contribution in [2.24, 2.45) is 0 Å². The van der Waals surface area contributed by atoms with E-state index in [9.17, 15) is 13.2 Å². The number of esters is 1. The van der Waals surface area contributed by atoms with E-state index in [0.717, 1.165) is 19.3 Å². The zero-order valence-electron chi connectivity index (χ0n) is 12.3. The third kappa shape index (κ3) is 10.9. The van der Waals surface area contributed by atoms with Gasteiger partial charge in [-0.25, -0.2) is 13.1 Å². The summed E-state index contributed by atoms with van der Waals surface area (Å²) in [5.41, 5.74) is 0. The van der Waals surface area contributed by atoms with E-state index in [4.69, 9.17) is 0 Å². The number of rotatable bonds is 11. The van der Waals surface area contributed by atoms with Crippen LogP contribution >= 0.6 is 0 Å². The molecule has 1 unspecified atom stereocenters. The number of carbonyl (C=O) groups is 1. The van der Waals surface area contributed by atoms with Crippen LogP contribution in [-0.2, 0) is 19.6 Å². The number of ether oxygens (including phenoxy) is 1. The zero-order valence-corrected chi connectivity index (χ0v) is 13.1. The Morgan fingerprint density at radius 3 is 2.47 bits per heavy atom. The van der Waals surface area contributed by atoms with Gasteiger partial charge in [-0.2, -0.15) is 0 Å². The number of methoxy groups -OCH3 is 1. The van der Waals surface area contributed by atoms with Gasteiger partial charge >= 0.3 is 5.97 Å². The molecule has 0 aromatic carbocycles. The predicted molar refractivity (Wildman–Crippen MR) is 76.4 cm³/mol. The third-order valence-electron chi connectivity index (χ3n) is 2.89. The van der Waals surface area contributed by atoms with Crippen LogP contribution in [-0.4, -0.2) is 33.3 Å². The van der Waals surface area contributed by atoms with Crippen LogP contribution in [0.2, 0.25) is 0 Å². The molecule has 0 saturated carbocycles. The highest BCUT2D eigenvalue weighted by Gasteiger charge is 2.14. The fraction of sp³-hybridized carbons (Fsp3) is 0.923. The van der Waals surface area contributed by atoms with Gasteiger partial charge in [-0.05, 0) is 19.8 Å². The largest absolute Gasteiger partial charge is 0.469 e. The Kier molecular flexibility index (Phi) is 9.87. The fourth-order valence-electron chi connectivity index (χ4n) is 1.81. The quantitative estimate of drug-likeness (QED) is 0.468. The first kappa shape index (κ1) is 18.4. The lowest BCUT2D eigenvalue weighted by molar-refractivity contribution is -0.140. The van der Waals surface area contributed by atoms with E-state index in [-0.39, 0.29) is 24.2 Å². The van der Waals surface area contributed by atoms with Gasteiger partial charge in [-0.15, -0.1) is 0 Å². The van der Waals surface area contributed by atoms with Crippen molar-refractivity contribution in [3.63, 3.8) is 0 Å². The smallest absolute Gasteiger partial charge is 0.305 e. The minimum absolute atomic E-state index is 0.0264. The summed E-state index contributed by atoms with van der Waals surface area (Å²) in [5, 5.41) is 0. The van der Waals surface area contributed by atoms with Crippen LogP contribution in [0, 0.1) is 0 Å². The molecule has 0 aromatic rings. The molecule has 0 aromatic heterocycles. The van der Waals surface area contributed by atoms with Gasteiger partial charge in [0.05, 0.1) is 12.9 Å². The number of hydrogen-bond donors (Lipinski definition) is 1. The lowest BCUT2D eigenvalue weighted by Crippen LogP contribution is -2.34. The number of carbonyl (C=O) groups excluding carboxylic acids is 1. The Balaban J connectivity index is 3.84. The standard InChI is InChI=1S/C13H27NO4S/c1-4-5-6-7-9-12(2)14-19(16,17)11-8-10-13(15)18-3/h12,14H,4-11H2,1-3H3. The molecule has 0 aliphatic heterocycles. The normalized spacial score (nSPS) is 13.2. The molecule has 114 valence electrons. The van der Waals surface area contributed by atoms with Crippen molar-refractivity contribution in [1.82, 2.24) is 4.72 Å². The highest BCUT2D eigenvalue weighted by molar-refractivity contribution is 7.89. The van der Waals surface area contributed by atoms with Gasteiger partial charge in [0.15, 0.2) is 0 Å². The molecule has 1 N–H and O–H groups in total. The van der Waals surface area contributed by atoms with Crippen molar-refractivity contribution in [2.45, 2.75) is 64.8 Å². The third-order valence-corrected chi connectivity index (χ3v) is 4.48. The summed E-state index contributed by atoms with van der Waals surface area (Å²) in [5.74, 6) is -0.399. The minimum Gasteiger partial charge on any atom is -0.469 e. The van der Waals surface area contributed by atoms with Crippen molar-refractivity contribution < 1.29 is 17.9 Å². The van der Waals surface area contributed by atoms with Crippen molar-refractivity contribution >= 4 is 16.0 Å². The van der Waals surface area contributed by atoms with Crippen LogP contribution in [0.3, 0.4) is 0 Å². The first-order valence-electron chi connectivity index (χ1n) is 6.98. The van der Waals surface area contributed by atoms with Gasteiger partial charge in [-0.1, -0.05) is 32.6 Å². The second kappa shape index (κ2) is 10.2. The first-order valence-corrected chi connectivity index (χ1v) is 8.63. The maximum Gasteiger partial charge on any atom is 0.305 e. The van der Waals surface area contributed by atoms with Crippen LogP contribution in [0.15, 0.2) is 0 Å². The van der Waals surface area contributed by atoms with Crippen LogP contribution in [0.4, 0.5) is 0 Å². The second-order valence-corrected chi connectivity index (χ2v) is 6.74. The van der Waals surface area contributed by atoms with Crippen LogP contribution < -0.4 is 4.72 Å². The van der Waals surface area contributed by atoms with E-state index in [1.807, 2.05) is 6.92 Å². The van der Waals surface area contributed by atoms with Gasteiger partial charge in [0, 0.05) is 12.5 Å². The Morgan fingerprint density at radius 1 is 1.21 bits per heavy atom. The number of nitrogens with one attached hydrogen (secondary N) is 1. The molecule has 19 heavy (non-hydrogen) atoms. The molecule has 0 amide bonds. The fourth-order valence-corrected chi connectivity index (χ4v) is 3.18. The maximum atomic E-state index is 11.7. The molecule has 0 spiro atoms. The van der Waals surface area contributed by atoms with Crippen LogP contribution in [0.1, 0.15) is 58.8 Å². The lowest BCUT2D eigenvalue weighted by Gasteiger charge is -2.13. The Hall–Kier alpha value is -0.620. The monoisotopic (exact) mass is 293 g/mol. The Labute approximate surface area is 117 Å². The van der Waals surface area contributed by atoms with Gasteiger partial charge in [0.2, 0.25) is 10.0 Å². The number of sulfonamides is 1. The van der Waals surface area contributed by atoms with E-state index in [1.54, 1.807) is 0 Å². The second-order valence-electron chi connectivity index (χ2n) is 4.87. The summed E-state index contributed by atoms with van der Waals surface area (Å²) in [6, 6.07) is -0.0417. The average Bonchev–Trinajstić information content (AvgIpc) is 2.33. The summed E-state index contributed by atoms with van der Waals surface area (Å²) in [6.07, 6.45) is 5.85. The number of unbranched alkanes of at least 4 members (excludes halogenated alkanes) is 3. The highest BCUT2D eigenvalue weighted by Crippen LogP contribution is 2.06. The van der Waals surface area contributed by atoms with Crippen LogP contribution in [0.25, 0.3) is 0 Å². The molecule has 6 heteroatoms. The molecule has 0 rings (SSSR count). The average molecular weight is 293 g/mol. The molecule has 0 aliphatic rings. The Morgan fingerprint density at radius 2 is 1.89 bits per heavy atom. The van der Waals surface area contributed by atoms with Gasteiger partial charge in [0.1, 0.15) is 0 Å². The van der Waals surface area contributed by atoms with E-state index in [2.05, 4.69) is 16.4 Å². The summed E-state index contributed by atoms with van der Waals surface area (Å²) in [7, 11) is -1.99. The molecule has 0 saturated heterocycles. The van der Waals surface area contributed by atoms with Crippen molar-refractivity contribution in [3.05, 3.63) is 0 Å². The highest BCUT2D eigenvalue weighted by atomic mass is 32.2. The molecular weight excluding hydrogens is 266 g/mol. The topological polar surface area (TPSA) is 72.5 Å². The van der Waals surface area contributed by atoms with Gasteiger partial charge in [-0.3, -0.25) is 4.79 Å². The van der Waals surface area contributed by atoms with Gasteiger partial charge in [0.25, 0.3) is 0 Å². The molecule has 1 atom stereocenters. The lowest BCUT2D eigenvalue weighted by atomic mass is 10.1. The van der Waals surface area contributed by atoms with E-state index in [1.165, 1.54) is 20.0 Å². The summed E-state index contributed by atoms with van der Waals surface area (Å²) in [6.45, 7) is 4.03. The van der Waals surface area contributed by atoms with Crippen molar-refractivity contribution in [1.29, 1.82) is 0 Å². The molecule has 5 nitrogen and oxygen atoms in total. The molecule has 0 radical (unpaired) electrons. The van der Waals surface area contributed by atoms with E-state index in [0.29, 0.717) is 6.42 Å². The molecule has 0 fully saturated rings. The molecule has 0 bridgehead atoms. The summed E-state index contributed by atoms with van der Waals surface area (Å²) >= 11 is 0. The minimum atomic E-state index is -3.29. The zero-order chi connectivity index (χ0) is 14.7. The van der Waals surface area contributed by atoms with Gasteiger partial charge < -0.3 is 4.74 Å². The Bertz CT molecular complexity index is 341. The molecular formula is C13H27NO4S. The summed E-state index contributed by atoms with van der Waals surface area (Å²) in [4.78, 5) is 10.9. The summed E-state index contributed by atoms with van der Waals surface area (Å²) < 4.78 is 30.6. The SMILES string of the molecule is CCCCCCC(C)NS(=O)(=O)CCCC(=O)OC. The van der Waals surface area contributed by atoms with Crippen LogP contribution in [0.5, 0.6) is 0 Å². The van der Waals surface area contributed by atoms with Crippen molar-refractivity contribution in [2.75, 3.05) is 12.9 Å². The predicted octanol–water partition coefficient (Wildman–Crippen LogP) is 2.22. The first-order chi connectivity index (χ1) is 8.91. The maximum absolute atomic E-state index is 11.7. The van der Waals surface area contributed by atoms with Crippen molar-refractivity contribution in [3.8, 4) is 0 Å². The molecule has 0 heterocycles. The van der Waals surface area contributed by atoms with E-state index < -0.39 is 10.0 Å². The number of hydrogen-bond acceptors (Lipinski definition) is 4.